The van der Waals surface area contributed by atoms with E-state index >= 15 is 0 Å². The van der Waals surface area contributed by atoms with Crippen molar-refractivity contribution in [2.75, 3.05) is 33.4 Å². The highest BCUT2D eigenvalue weighted by Crippen LogP contribution is 2.18. The molecular formula is C16H24N2O2S. The van der Waals surface area contributed by atoms with Crippen molar-refractivity contribution in [3.63, 3.8) is 0 Å². The average Bonchev–Trinajstić information content (AvgIpc) is 2.52. The van der Waals surface area contributed by atoms with Crippen LogP contribution in [0.25, 0.3) is 0 Å². The summed E-state index contributed by atoms with van der Waals surface area (Å²) in [6.07, 6.45) is 3.24. The van der Waals surface area contributed by atoms with Crippen molar-refractivity contribution in [1.82, 2.24) is 4.90 Å². The Labute approximate surface area is 132 Å². The average molecular weight is 308 g/mol. The Balaban J connectivity index is 1.73. The molecule has 116 valence electrons. The first-order valence-corrected chi connectivity index (χ1v) is 7.89. The van der Waals surface area contributed by atoms with Gasteiger partial charge in [-0.3, -0.25) is 0 Å². The molecule has 4 nitrogen and oxygen atoms in total. The maximum Gasteiger partial charge on any atom is 0.129 e. The quantitative estimate of drug-likeness (QED) is 0.618. The fraction of sp³-hybridized carbons (Fsp3) is 0.562. The summed E-state index contributed by atoms with van der Waals surface area (Å²) in [6.45, 7) is 3.47. The number of hydrogen-bond donors (Lipinski definition) is 1. The normalized spacial score (nSPS) is 16.1. The molecule has 0 unspecified atom stereocenters. The lowest BCUT2D eigenvalue weighted by Crippen LogP contribution is -2.37. The number of benzene rings is 1. The maximum absolute atomic E-state index is 5.82. The first-order chi connectivity index (χ1) is 10.2. The Morgan fingerprint density at radius 2 is 2.10 bits per heavy atom. The lowest BCUT2D eigenvalue weighted by Gasteiger charge is -2.31. The molecule has 21 heavy (non-hydrogen) atoms. The first kappa shape index (κ1) is 16.2. The smallest absolute Gasteiger partial charge is 0.129 e. The molecule has 0 spiro atoms. The molecule has 0 aliphatic carbocycles. The van der Waals surface area contributed by atoms with Crippen LogP contribution in [0, 0.1) is 0 Å². The molecule has 0 bridgehead atoms. The van der Waals surface area contributed by atoms with Crippen molar-refractivity contribution in [3.05, 3.63) is 29.8 Å². The highest BCUT2D eigenvalue weighted by Gasteiger charge is 2.17. The Hall–Kier alpha value is -1.17. The highest BCUT2D eigenvalue weighted by atomic mass is 32.1. The van der Waals surface area contributed by atoms with E-state index in [2.05, 4.69) is 11.9 Å². The van der Waals surface area contributed by atoms with Crippen LogP contribution in [0.4, 0.5) is 0 Å². The van der Waals surface area contributed by atoms with Crippen LogP contribution in [-0.2, 0) is 4.74 Å². The van der Waals surface area contributed by atoms with Crippen molar-refractivity contribution in [2.45, 2.75) is 25.3 Å². The van der Waals surface area contributed by atoms with Gasteiger partial charge in [0.15, 0.2) is 0 Å². The second-order valence-corrected chi connectivity index (χ2v) is 5.83. The lowest BCUT2D eigenvalue weighted by atomic mass is 10.1. The lowest BCUT2D eigenvalue weighted by molar-refractivity contribution is 0.0417. The Morgan fingerprint density at radius 1 is 1.38 bits per heavy atom. The van der Waals surface area contributed by atoms with E-state index in [1.54, 1.807) is 0 Å². The predicted molar refractivity (Wildman–Crippen MR) is 88.9 cm³/mol. The molecule has 1 aliphatic rings. The van der Waals surface area contributed by atoms with Crippen molar-refractivity contribution < 1.29 is 9.47 Å². The molecule has 0 saturated carbocycles. The van der Waals surface area contributed by atoms with Crippen molar-refractivity contribution in [2.24, 2.45) is 5.73 Å². The zero-order valence-electron chi connectivity index (χ0n) is 12.6. The summed E-state index contributed by atoms with van der Waals surface area (Å²) in [5, 5.41) is 0. The van der Waals surface area contributed by atoms with Crippen LogP contribution in [0.1, 0.15) is 24.8 Å². The van der Waals surface area contributed by atoms with Crippen LogP contribution >= 0.6 is 12.2 Å². The zero-order valence-corrected chi connectivity index (χ0v) is 13.4. The van der Waals surface area contributed by atoms with Crippen LogP contribution in [0.5, 0.6) is 5.75 Å². The molecule has 0 radical (unpaired) electrons. The fourth-order valence-corrected chi connectivity index (χ4v) is 2.77. The summed E-state index contributed by atoms with van der Waals surface area (Å²) in [5.74, 6) is 0.777. The van der Waals surface area contributed by atoms with Crippen LogP contribution in [0.3, 0.4) is 0 Å². The van der Waals surface area contributed by atoms with Gasteiger partial charge in [0, 0.05) is 25.8 Å². The van der Waals surface area contributed by atoms with Gasteiger partial charge in [-0.2, -0.15) is 0 Å². The molecule has 5 heteroatoms. The summed E-state index contributed by atoms with van der Waals surface area (Å²) >= 11 is 5.03. The molecule has 2 N–H and O–H groups in total. The summed E-state index contributed by atoms with van der Waals surface area (Å²) in [6, 6.07) is 8.30. The SMILES string of the molecule is CN(CCCOc1ccccc1C(N)=S)C1CCOCC1. The van der Waals surface area contributed by atoms with Crippen molar-refractivity contribution in [1.29, 1.82) is 0 Å². The molecule has 1 aromatic rings. The first-order valence-electron chi connectivity index (χ1n) is 7.48. The summed E-state index contributed by atoms with van der Waals surface area (Å²) in [5.41, 5.74) is 6.51. The summed E-state index contributed by atoms with van der Waals surface area (Å²) < 4.78 is 11.2. The zero-order chi connectivity index (χ0) is 15.1. The monoisotopic (exact) mass is 308 g/mol. The van der Waals surface area contributed by atoms with Gasteiger partial charge in [-0.1, -0.05) is 24.4 Å². The molecule has 1 heterocycles. The number of nitrogens with zero attached hydrogens (tertiary/aromatic N) is 1. The van der Waals surface area contributed by atoms with E-state index < -0.39 is 0 Å². The molecule has 1 fully saturated rings. The second kappa shape index (κ2) is 8.32. The van der Waals surface area contributed by atoms with Gasteiger partial charge >= 0.3 is 0 Å². The van der Waals surface area contributed by atoms with E-state index in [9.17, 15) is 0 Å². The minimum absolute atomic E-state index is 0.380. The van der Waals surface area contributed by atoms with E-state index in [0.717, 1.165) is 50.3 Å². The van der Waals surface area contributed by atoms with E-state index in [1.807, 2.05) is 24.3 Å². The van der Waals surface area contributed by atoms with Gasteiger partial charge in [-0.05, 0) is 38.4 Å². The standard InChI is InChI=1S/C16H24N2O2S/c1-18(13-7-11-19-12-8-13)9-4-10-20-15-6-3-2-5-14(15)16(17)21/h2-3,5-6,13H,4,7-12H2,1H3,(H2,17,21). The largest absolute Gasteiger partial charge is 0.493 e. The van der Waals surface area contributed by atoms with E-state index in [0.29, 0.717) is 17.6 Å². The molecular weight excluding hydrogens is 284 g/mol. The van der Waals surface area contributed by atoms with Crippen LogP contribution in [0.2, 0.25) is 0 Å². The highest BCUT2D eigenvalue weighted by molar-refractivity contribution is 7.80. The van der Waals surface area contributed by atoms with Gasteiger partial charge in [0.25, 0.3) is 0 Å². The third-order valence-corrected chi connectivity index (χ3v) is 4.10. The third-order valence-electron chi connectivity index (χ3n) is 3.88. The molecule has 0 amide bonds. The minimum Gasteiger partial charge on any atom is -0.493 e. The number of nitrogens with two attached hydrogens (primary N) is 1. The fourth-order valence-electron chi connectivity index (χ4n) is 2.60. The number of ether oxygens (including phenoxy) is 2. The van der Waals surface area contributed by atoms with Crippen LogP contribution < -0.4 is 10.5 Å². The molecule has 2 rings (SSSR count). The van der Waals surface area contributed by atoms with Gasteiger partial charge in [0.2, 0.25) is 0 Å². The summed E-state index contributed by atoms with van der Waals surface area (Å²) in [7, 11) is 2.18. The van der Waals surface area contributed by atoms with E-state index in [-0.39, 0.29) is 0 Å². The van der Waals surface area contributed by atoms with Gasteiger partial charge in [-0.25, -0.2) is 0 Å². The van der Waals surface area contributed by atoms with Crippen LogP contribution in [-0.4, -0.2) is 49.3 Å². The Kier molecular flexibility index (Phi) is 6.42. The molecule has 0 atom stereocenters. The number of rotatable bonds is 7. The minimum atomic E-state index is 0.380. The number of hydrogen-bond acceptors (Lipinski definition) is 4. The van der Waals surface area contributed by atoms with E-state index in [1.165, 1.54) is 0 Å². The van der Waals surface area contributed by atoms with Crippen LogP contribution in [0.15, 0.2) is 24.3 Å². The molecule has 1 aliphatic heterocycles. The third kappa shape index (κ3) is 4.95. The van der Waals surface area contributed by atoms with E-state index in [4.69, 9.17) is 27.4 Å². The molecule has 1 aromatic carbocycles. The van der Waals surface area contributed by atoms with Crippen molar-refractivity contribution in [3.8, 4) is 5.75 Å². The predicted octanol–water partition coefficient (Wildman–Crippen LogP) is 2.20. The van der Waals surface area contributed by atoms with Gasteiger partial charge < -0.3 is 20.1 Å². The Bertz CT molecular complexity index is 461. The topological polar surface area (TPSA) is 47.7 Å². The van der Waals surface area contributed by atoms with Crippen molar-refractivity contribution >= 4 is 17.2 Å². The molecule has 0 aromatic heterocycles. The number of thiocarbonyl (C=S) groups is 1. The Morgan fingerprint density at radius 3 is 2.81 bits per heavy atom. The van der Waals surface area contributed by atoms with Gasteiger partial charge in [0.05, 0.1) is 12.2 Å². The summed E-state index contributed by atoms with van der Waals surface area (Å²) in [4.78, 5) is 2.79. The second-order valence-electron chi connectivity index (χ2n) is 5.39. The molecule has 1 saturated heterocycles. The van der Waals surface area contributed by atoms with Gasteiger partial charge in [-0.15, -0.1) is 0 Å². The van der Waals surface area contributed by atoms with Gasteiger partial charge in [0.1, 0.15) is 10.7 Å². The number of para-hydroxylation sites is 1. The maximum atomic E-state index is 5.82.